The number of nitrogens with zero attached hydrogens (tertiary/aromatic N) is 12. The fraction of sp³-hybridized carbons (Fsp3) is 0.224. The summed E-state index contributed by atoms with van der Waals surface area (Å²) in [5, 5.41) is 24.2. The monoisotopic (exact) mass is 1450 g/mol. The highest BCUT2D eigenvalue weighted by molar-refractivity contribution is 7.93. The van der Waals surface area contributed by atoms with E-state index >= 15 is 0 Å². The van der Waals surface area contributed by atoms with E-state index < -0.39 is 138 Å². The van der Waals surface area contributed by atoms with Gasteiger partial charge in [0, 0.05) is 36.2 Å². The van der Waals surface area contributed by atoms with Gasteiger partial charge in [0.05, 0.1) is 75.4 Å². The smallest absolute Gasteiger partial charge is 0.418 e. The molecule has 0 atom stereocenters. The van der Waals surface area contributed by atoms with Crippen LogP contribution in [0.5, 0.6) is 29.5 Å². The summed E-state index contributed by atoms with van der Waals surface area (Å²) in [6, 6.07) is 25.9. The molecule has 524 valence electrons. The maximum Gasteiger partial charge on any atom is 0.418 e. The van der Waals surface area contributed by atoms with Gasteiger partial charge < -0.3 is 33.6 Å². The summed E-state index contributed by atoms with van der Waals surface area (Å²) in [5.74, 6) is -6.28. The van der Waals surface area contributed by atoms with Crippen molar-refractivity contribution in [2.24, 2.45) is 12.2 Å². The number of esters is 1. The molecule has 3 N–H and O–H groups in total. The van der Waals surface area contributed by atoms with Crippen LogP contribution in [0, 0.1) is 24.4 Å². The Hall–Kier alpha value is -11.2. The molecule has 1 aliphatic rings. The van der Waals surface area contributed by atoms with Gasteiger partial charge in [0.15, 0.2) is 37.5 Å². The molecule has 0 saturated heterocycles. The van der Waals surface area contributed by atoms with E-state index in [2.05, 4.69) is 45.4 Å². The first-order valence-electron chi connectivity index (χ1n) is 27.7. The fourth-order valence-corrected chi connectivity index (χ4v) is 12.2. The maximum absolute atomic E-state index is 13.7. The van der Waals surface area contributed by atoms with E-state index in [0.29, 0.717) is 47.7 Å². The quantitative estimate of drug-likeness (QED) is 0.0440. The molecule has 0 spiro atoms. The molecular weight excluding hydrogens is 1400 g/mol. The maximum atomic E-state index is 13.7. The largest absolute Gasteiger partial charge is 0.493 e. The number of anilines is 2. The second-order valence-corrected chi connectivity index (χ2v) is 25.2. The lowest BCUT2D eigenvalue weighted by molar-refractivity contribution is -0.140. The summed E-state index contributed by atoms with van der Waals surface area (Å²) < 4.78 is 224. The second kappa shape index (κ2) is 29.2. The zero-order valence-corrected chi connectivity index (χ0v) is 54.6. The van der Waals surface area contributed by atoms with Gasteiger partial charge in [-0.15, -0.1) is 10.2 Å². The highest BCUT2D eigenvalue weighted by atomic mass is 32.2. The molecule has 11 rings (SSSR count). The first kappa shape index (κ1) is 73.6. The molecule has 0 bridgehead atoms. The lowest BCUT2D eigenvalue weighted by atomic mass is 9.82. The molecule has 0 aliphatic carbocycles. The first-order valence-corrected chi connectivity index (χ1v) is 32.5. The van der Waals surface area contributed by atoms with Gasteiger partial charge in [-0.1, -0.05) is 71.9 Å². The Morgan fingerprint density at radius 1 is 0.707 bits per heavy atom. The van der Waals surface area contributed by atoms with Crippen LogP contribution in [0.3, 0.4) is 0 Å². The number of carbonyl (C=O) groups is 2. The van der Waals surface area contributed by atoms with Gasteiger partial charge >= 0.3 is 24.3 Å². The van der Waals surface area contributed by atoms with Crippen molar-refractivity contribution in [3.63, 3.8) is 0 Å². The topological polar surface area (TPSA) is 365 Å². The average molecular weight is 1450 g/mol. The summed E-state index contributed by atoms with van der Waals surface area (Å²) in [6.07, 6.45) is -7.12. The van der Waals surface area contributed by atoms with Gasteiger partial charge in [-0.2, -0.15) is 63.8 Å². The number of benzene rings is 4. The summed E-state index contributed by atoms with van der Waals surface area (Å²) >= 11 is 0. The number of carbonyl (C=O) groups excluding carboxylic acids is 2. The number of pyridine rings is 1. The van der Waals surface area contributed by atoms with Crippen molar-refractivity contribution >= 4 is 70.4 Å². The van der Waals surface area contributed by atoms with E-state index in [1.54, 1.807) is 11.6 Å². The number of hydrogen-bond acceptors (Lipinski definition) is 24. The van der Waals surface area contributed by atoms with Gasteiger partial charge in [0.2, 0.25) is 29.3 Å². The predicted octanol–water partition coefficient (Wildman–Crippen LogP) is 8.07. The Bertz CT molecular complexity index is 5010. The average Bonchev–Trinajstić information content (AvgIpc) is 1.77. The molecule has 0 radical (unpaired) electrons. The van der Waals surface area contributed by atoms with Crippen molar-refractivity contribution in [2.75, 3.05) is 50.7 Å². The molecule has 0 saturated carbocycles. The van der Waals surface area contributed by atoms with E-state index in [-0.39, 0.29) is 34.8 Å². The molecule has 41 heteroatoms. The number of ketones is 1. The first-order chi connectivity index (χ1) is 46.5. The van der Waals surface area contributed by atoms with Gasteiger partial charge in [-0.25, -0.2) is 54.2 Å². The predicted molar refractivity (Wildman–Crippen MR) is 326 cm³/mol. The Labute approximate surface area is 553 Å². The number of fused-ring (bicyclic) bond motifs is 2. The number of sulfonamides is 2. The van der Waals surface area contributed by atoms with Gasteiger partial charge in [0.25, 0.3) is 36.9 Å². The fourth-order valence-electron chi connectivity index (χ4n) is 9.06. The summed E-state index contributed by atoms with van der Waals surface area (Å²) in [4.78, 5) is 46.7. The Morgan fingerprint density at radius 3 is 1.88 bits per heavy atom. The number of nitrogens with one attached hydrogen (secondary N) is 2. The molecule has 29 nitrogen and oxygen atoms in total. The lowest BCUT2D eigenvalue weighted by Crippen LogP contribution is -2.29. The second-order valence-electron chi connectivity index (χ2n) is 20.0. The standard InChI is InChI=1S/C18H17NO3.C14H13F3N6O5S.C14H13F3N2O4S.C12H8F3N5O3S/c1-2-21-17(20)16-13-18(22-19-16,14-9-5-3-6-10-14)15-11-7-4-8-12-15;1-26-8-6-9(27-2)23-13(19-8)20-12(21-23)22-29(24,25)10-7(14(15,16)17)4-5-18-11(10)28-3;1-7-11(13(21)19(2)18-7)12(20)9-5-4-8(14(15,16)17)6-10(9)24(3,22)23;1-23-12-16-5-8(15)10-17-11(18-20(10)12)24(21,22)19-9-6(13)3-2-4-7(9)14/h3-12H,2,13H2,1H3;4-6H,1-3H3,(H,21,22);4-6,21H,1-3H3;2-5,19H,1H3. The number of oxime groups is 1. The van der Waals surface area contributed by atoms with Crippen molar-refractivity contribution in [2.45, 2.75) is 53.2 Å². The van der Waals surface area contributed by atoms with Crippen LogP contribution in [0.1, 0.15) is 57.2 Å². The van der Waals surface area contributed by atoms with Gasteiger partial charge in [-0.3, -0.25) is 9.52 Å². The molecule has 7 heterocycles. The van der Waals surface area contributed by atoms with Crippen molar-refractivity contribution in [1.29, 1.82) is 0 Å². The van der Waals surface area contributed by atoms with Crippen molar-refractivity contribution in [1.82, 2.24) is 53.9 Å². The van der Waals surface area contributed by atoms with E-state index in [4.69, 9.17) is 28.5 Å². The van der Waals surface area contributed by atoms with Crippen molar-refractivity contribution in [3.8, 4) is 29.5 Å². The van der Waals surface area contributed by atoms with Crippen LogP contribution in [0.15, 0.2) is 142 Å². The lowest BCUT2D eigenvalue weighted by Gasteiger charge is -2.27. The molecule has 10 aromatic rings. The van der Waals surface area contributed by atoms with Crippen molar-refractivity contribution < 1.29 is 108 Å². The minimum atomic E-state index is -4.98. The highest BCUT2D eigenvalue weighted by Crippen LogP contribution is 2.42. The number of ether oxygens (including phenoxy) is 5. The normalized spacial score (nSPS) is 12.9. The number of alkyl halides is 6. The number of sulfone groups is 1. The number of aryl methyl sites for hydroxylation is 2. The number of methoxy groups -OCH3 is 4. The number of hydrogen-bond donors (Lipinski definition) is 3. The summed E-state index contributed by atoms with van der Waals surface area (Å²) in [6.45, 7) is 3.51. The molecule has 1 aliphatic heterocycles. The van der Waals surface area contributed by atoms with Crippen LogP contribution in [0.2, 0.25) is 0 Å². The van der Waals surface area contributed by atoms with Crippen molar-refractivity contribution in [3.05, 3.63) is 178 Å². The number of rotatable bonds is 17. The summed E-state index contributed by atoms with van der Waals surface area (Å²) in [7, 11) is -7.33. The molecule has 6 aromatic heterocycles. The summed E-state index contributed by atoms with van der Waals surface area (Å²) in [5.41, 5.74) is -3.16. The highest BCUT2D eigenvalue weighted by Gasteiger charge is 2.46. The van der Waals surface area contributed by atoms with Crippen LogP contribution in [-0.2, 0) is 69.3 Å². The van der Waals surface area contributed by atoms with Crippen LogP contribution in [0.25, 0.3) is 11.4 Å². The Kier molecular flexibility index (Phi) is 21.7. The third-order valence-corrected chi connectivity index (χ3v) is 17.2. The SMILES string of the molecule is CCOC(=O)C1=NOC(c2ccccc2)(c2ccccc2)C1.COc1cc(OC)n2nc(NS(=O)(=O)c3c(C(F)(F)F)ccnc3OC)nc2n1.COc1ncc(F)c2nc(S(=O)(=O)Nc3c(F)cccc3F)nn12.Cc1nn(C)c(O)c1C(=O)c1ccc(C(F)(F)F)cc1S(C)(=O)=O. The van der Waals surface area contributed by atoms with Gasteiger partial charge in [-0.05, 0) is 50.2 Å². The number of halogens is 9. The van der Waals surface area contributed by atoms with E-state index in [1.807, 2.05) is 65.4 Å². The molecule has 99 heavy (non-hydrogen) atoms. The van der Waals surface area contributed by atoms with Crippen LogP contribution >= 0.6 is 0 Å². The minimum absolute atomic E-state index is 0.0970. The van der Waals surface area contributed by atoms with E-state index in [0.717, 1.165) is 64.1 Å². The zero-order chi connectivity index (χ0) is 72.7. The van der Waals surface area contributed by atoms with Gasteiger partial charge in [0.1, 0.15) is 22.9 Å². The van der Waals surface area contributed by atoms with E-state index in [1.165, 1.54) is 41.4 Å². The molecule has 0 unspecified atom stereocenters. The number of aromatic hydroxyl groups is 1. The Morgan fingerprint density at radius 2 is 1.34 bits per heavy atom. The van der Waals surface area contributed by atoms with Crippen LogP contribution in [0.4, 0.5) is 51.1 Å². The molecule has 0 amide bonds. The molecular formula is C58H51F9N14O15S3. The third kappa shape index (κ3) is 16.1. The molecule has 0 fully saturated rings. The number of aromatic nitrogens is 11. The molecule has 4 aromatic carbocycles. The minimum Gasteiger partial charge on any atom is -0.493 e. The Balaban J connectivity index is 0.000000169. The van der Waals surface area contributed by atoms with Crippen LogP contribution < -0.4 is 28.4 Å². The van der Waals surface area contributed by atoms with Crippen LogP contribution in [-0.4, -0.2) is 143 Å². The third-order valence-electron chi connectivity index (χ3n) is 13.5. The number of para-hydroxylation sites is 1. The van der Waals surface area contributed by atoms with E-state index in [9.17, 15) is 79.5 Å². The zero-order valence-electron chi connectivity index (χ0n) is 52.1.